The SMILES string of the molecule is CC(=O)NC(=O)CCCC(=O)OCCn1c([N+](=O)[O-])cnc1C. The average Bonchev–Trinajstić information content (AvgIpc) is 2.79. The second kappa shape index (κ2) is 8.61. The number of carbonyl (C=O) groups excluding carboxylic acids is 3. The van der Waals surface area contributed by atoms with E-state index in [1.54, 1.807) is 6.92 Å². The Morgan fingerprint density at radius 1 is 1.39 bits per heavy atom. The van der Waals surface area contributed by atoms with Crippen LogP contribution in [-0.2, 0) is 25.7 Å². The van der Waals surface area contributed by atoms with E-state index < -0.39 is 22.7 Å². The summed E-state index contributed by atoms with van der Waals surface area (Å²) in [7, 11) is 0. The highest BCUT2D eigenvalue weighted by atomic mass is 16.6. The molecule has 0 fully saturated rings. The number of ether oxygens (including phenoxy) is 1. The summed E-state index contributed by atoms with van der Waals surface area (Å²) in [5, 5.41) is 12.9. The van der Waals surface area contributed by atoms with Gasteiger partial charge in [-0.05, 0) is 11.3 Å². The molecule has 1 rings (SSSR count). The normalized spacial score (nSPS) is 10.2. The van der Waals surface area contributed by atoms with Crippen LogP contribution in [0.2, 0.25) is 0 Å². The molecule has 0 spiro atoms. The predicted octanol–water partition coefficient (Wildman–Crippen LogP) is 0.476. The first-order chi connectivity index (χ1) is 10.8. The number of hydrogen-bond acceptors (Lipinski definition) is 7. The number of carbonyl (C=O) groups is 3. The van der Waals surface area contributed by atoms with Crippen molar-refractivity contribution in [3.63, 3.8) is 0 Å². The van der Waals surface area contributed by atoms with Gasteiger partial charge in [-0.3, -0.25) is 19.7 Å². The highest BCUT2D eigenvalue weighted by Crippen LogP contribution is 2.13. The van der Waals surface area contributed by atoms with Gasteiger partial charge in [0.25, 0.3) is 0 Å². The summed E-state index contributed by atoms with van der Waals surface area (Å²) in [6.07, 6.45) is 1.46. The van der Waals surface area contributed by atoms with Crippen LogP contribution in [0.3, 0.4) is 0 Å². The highest BCUT2D eigenvalue weighted by Gasteiger charge is 2.17. The maximum Gasteiger partial charge on any atom is 0.342 e. The van der Waals surface area contributed by atoms with Crippen molar-refractivity contribution in [1.82, 2.24) is 14.9 Å². The third-order valence-corrected chi connectivity index (χ3v) is 2.90. The van der Waals surface area contributed by atoms with Crippen LogP contribution in [-0.4, -0.2) is 38.9 Å². The molecule has 0 aliphatic rings. The molecule has 0 radical (unpaired) electrons. The van der Waals surface area contributed by atoms with Crippen LogP contribution in [0.25, 0.3) is 0 Å². The fraction of sp³-hybridized carbons (Fsp3) is 0.538. The number of nitrogens with one attached hydrogen (secondary N) is 1. The smallest absolute Gasteiger partial charge is 0.342 e. The van der Waals surface area contributed by atoms with E-state index in [1.807, 2.05) is 0 Å². The van der Waals surface area contributed by atoms with Gasteiger partial charge < -0.3 is 14.9 Å². The minimum Gasteiger partial charge on any atom is -0.461 e. The summed E-state index contributed by atoms with van der Waals surface area (Å²) in [5.74, 6) is -1.13. The molecular formula is C13H18N4O6. The number of hydrogen-bond donors (Lipinski definition) is 1. The van der Waals surface area contributed by atoms with Crippen LogP contribution in [0.15, 0.2) is 6.20 Å². The Balaban J connectivity index is 2.30. The van der Waals surface area contributed by atoms with Crippen LogP contribution in [0.4, 0.5) is 5.82 Å². The molecule has 126 valence electrons. The maximum atomic E-state index is 11.5. The highest BCUT2D eigenvalue weighted by molar-refractivity contribution is 5.93. The van der Waals surface area contributed by atoms with Gasteiger partial charge in [-0.15, -0.1) is 0 Å². The molecule has 0 unspecified atom stereocenters. The summed E-state index contributed by atoms with van der Waals surface area (Å²) in [5.41, 5.74) is 0. The van der Waals surface area contributed by atoms with Crippen LogP contribution in [0, 0.1) is 17.0 Å². The Kier molecular flexibility index (Phi) is 6.84. The Morgan fingerprint density at radius 3 is 2.70 bits per heavy atom. The second-order valence-corrected chi connectivity index (χ2v) is 4.75. The van der Waals surface area contributed by atoms with Crippen molar-refractivity contribution in [3.8, 4) is 0 Å². The standard InChI is InChI=1S/C13H18N4O6/c1-9-14-8-12(17(21)22)16(9)6-7-23-13(20)5-3-4-11(19)15-10(2)18/h8H,3-7H2,1-2H3,(H,15,18,19). The van der Waals surface area contributed by atoms with Gasteiger partial charge in [0.1, 0.15) is 19.3 Å². The lowest BCUT2D eigenvalue weighted by molar-refractivity contribution is -0.392. The van der Waals surface area contributed by atoms with Gasteiger partial charge in [-0.2, -0.15) is 0 Å². The number of amides is 2. The summed E-state index contributed by atoms with van der Waals surface area (Å²) in [4.78, 5) is 47.4. The fourth-order valence-electron chi connectivity index (χ4n) is 1.85. The maximum absolute atomic E-state index is 11.5. The van der Waals surface area contributed by atoms with Crippen molar-refractivity contribution in [1.29, 1.82) is 0 Å². The van der Waals surface area contributed by atoms with Crippen molar-refractivity contribution >= 4 is 23.6 Å². The zero-order chi connectivity index (χ0) is 17.4. The second-order valence-electron chi connectivity index (χ2n) is 4.75. The lowest BCUT2D eigenvalue weighted by atomic mass is 10.2. The monoisotopic (exact) mass is 326 g/mol. The van der Waals surface area contributed by atoms with Crippen LogP contribution >= 0.6 is 0 Å². The van der Waals surface area contributed by atoms with E-state index in [2.05, 4.69) is 10.3 Å². The van der Waals surface area contributed by atoms with Gasteiger partial charge in [-0.25, -0.2) is 9.55 Å². The average molecular weight is 326 g/mol. The van der Waals surface area contributed by atoms with Gasteiger partial charge in [0.15, 0.2) is 5.82 Å². The Bertz CT molecular complexity index is 610. The molecule has 2 amide bonds. The number of esters is 1. The van der Waals surface area contributed by atoms with Gasteiger partial charge in [-0.1, -0.05) is 0 Å². The van der Waals surface area contributed by atoms with E-state index in [-0.39, 0.29) is 38.2 Å². The minimum absolute atomic E-state index is 0.0241. The number of aryl methyl sites for hydroxylation is 1. The van der Waals surface area contributed by atoms with Gasteiger partial charge >= 0.3 is 11.8 Å². The van der Waals surface area contributed by atoms with E-state index in [0.29, 0.717) is 5.82 Å². The molecular weight excluding hydrogens is 308 g/mol. The van der Waals surface area contributed by atoms with Crippen molar-refractivity contribution in [2.24, 2.45) is 0 Å². The lowest BCUT2D eigenvalue weighted by Crippen LogP contribution is -2.27. The molecule has 23 heavy (non-hydrogen) atoms. The number of aromatic nitrogens is 2. The molecule has 0 bridgehead atoms. The molecule has 1 aromatic rings. The van der Waals surface area contributed by atoms with E-state index in [0.717, 1.165) is 6.20 Å². The molecule has 0 saturated carbocycles. The van der Waals surface area contributed by atoms with E-state index in [9.17, 15) is 24.5 Å². The van der Waals surface area contributed by atoms with E-state index >= 15 is 0 Å². The first kappa shape index (κ1) is 18.3. The van der Waals surface area contributed by atoms with Crippen molar-refractivity contribution in [2.75, 3.05) is 6.61 Å². The minimum atomic E-state index is -0.560. The van der Waals surface area contributed by atoms with Crippen molar-refractivity contribution < 1.29 is 24.0 Å². The van der Waals surface area contributed by atoms with Crippen LogP contribution < -0.4 is 5.32 Å². The Hall–Kier alpha value is -2.78. The first-order valence-electron chi connectivity index (χ1n) is 6.93. The third kappa shape index (κ3) is 6.24. The largest absolute Gasteiger partial charge is 0.461 e. The van der Waals surface area contributed by atoms with E-state index in [4.69, 9.17) is 4.74 Å². The Labute approximate surface area is 132 Å². The molecule has 0 aliphatic carbocycles. The van der Waals surface area contributed by atoms with E-state index in [1.165, 1.54) is 11.5 Å². The molecule has 10 heteroatoms. The molecule has 1 heterocycles. The zero-order valence-electron chi connectivity index (χ0n) is 12.9. The molecule has 1 aromatic heterocycles. The predicted molar refractivity (Wildman–Crippen MR) is 77.3 cm³/mol. The summed E-state index contributed by atoms with van der Waals surface area (Å²) in [6.45, 7) is 2.93. The topological polar surface area (TPSA) is 133 Å². The molecule has 0 saturated heterocycles. The van der Waals surface area contributed by atoms with Crippen LogP contribution in [0.1, 0.15) is 32.0 Å². The first-order valence-corrected chi connectivity index (χ1v) is 6.93. The fourth-order valence-corrected chi connectivity index (χ4v) is 1.85. The molecule has 10 nitrogen and oxygen atoms in total. The molecule has 0 aromatic carbocycles. The lowest BCUT2D eigenvalue weighted by Gasteiger charge is -2.05. The number of nitrogens with zero attached hydrogens (tertiary/aromatic N) is 3. The summed E-state index contributed by atoms with van der Waals surface area (Å²) >= 11 is 0. The van der Waals surface area contributed by atoms with Gasteiger partial charge in [0.2, 0.25) is 11.8 Å². The van der Waals surface area contributed by atoms with Gasteiger partial charge in [0.05, 0.1) is 0 Å². The quantitative estimate of drug-likeness (QED) is 0.417. The van der Waals surface area contributed by atoms with Crippen molar-refractivity contribution in [2.45, 2.75) is 39.7 Å². The Morgan fingerprint density at radius 2 is 2.09 bits per heavy atom. The number of imide groups is 1. The molecule has 0 aliphatic heterocycles. The number of imidazole rings is 1. The number of rotatable bonds is 8. The van der Waals surface area contributed by atoms with Crippen molar-refractivity contribution in [3.05, 3.63) is 22.1 Å². The number of nitro groups is 1. The zero-order valence-corrected chi connectivity index (χ0v) is 12.9. The van der Waals surface area contributed by atoms with Gasteiger partial charge in [0, 0.05) is 26.7 Å². The van der Waals surface area contributed by atoms with Crippen LogP contribution in [0.5, 0.6) is 0 Å². The molecule has 1 N–H and O–H groups in total. The third-order valence-electron chi connectivity index (χ3n) is 2.90. The summed E-state index contributed by atoms with van der Waals surface area (Å²) in [6, 6.07) is 0. The molecule has 0 atom stereocenters. The summed E-state index contributed by atoms with van der Waals surface area (Å²) < 4.78 is 6.30.